The normalized spacial score (nSPS) is 11.1. The molecule has 0 aromatic rings. The minimum atomic E-state index is -2.24. The van der Waals surface area contributed by atoms with Gasteiger partial charge in [-0.05, 0) is 0 Å². The third-order valence-corrected chi connectivity index (χ3v) is 6.26. The Morgan fingerprint density at radius 2 is 0.867 bits per heavy atom. The van der Waals surface area contributed by atoms with Gasteiger partial charge in [0, 0.05) is 28.4 Å². The van der Waals surface area contributed by atoms with Gasteiger partial charge in [0.25, 0.3) is 0 Å². The molecule has 94 valence electrons. The molecule has 0 atom stereocenters. The van der Waals surface area contributed by atoms with Crippen LogP contribution in [0, 0.1) is 0 Å². The Morgan fingerprint density at radius 1 is 0.733 bits per heavy atom. The van der Waals surface area contributed by atoms with E-state index in [0.29, 0.717) is 0 Å². The van der Waals surface area contributed by atoms with Crippen molar-refractivity contribution in [1.82, 2.24) is 0 Å². The zero-order valence-electron chi connectivity index (χ0n) is 8.51. The maximum atomic E-state index is 4.63. The third kappa shape index (κ3) is 16.4. The van der Waals surface area contributed by atoms with Crippen molar-refractivity contribution in [1.29, 1.82) is 0 Å². The minimum absolute atomic E-state index is 0. The van der Waals surface area contributed by atoms with Gasteiger partial charge in [0.1, 0.15) is 0 Å². The van der Waals surface area contributed by atoms with Gasteiger partial charge >= 0.3 is 17.1 Å². The van der Waals surface area contributed by atoms with E-state index in [1.54, 1.807) is 0 Å². The summed E-state index contributed by atoms with van der Waals surface area (Å²) in [7, 11) is 5.82. The predicted molar refractivity (Wildman–Crippen MR) is 71.3 cm³/mol. The first-order valence-corrected chi connectivity index (χ1v) is 10.4. The Morgan fingerprint density at radius 3 is 0.867 bits per heavy atom. The Labute approximate surface area is 122 Å². The fourth-order valence-electron chi connectivity index (χ4n) is 0.149. The van der Waals surface area contributed by atoms with Crippen LogP contribution in [-0.2, 0) is 83.3 Å². The largest absolute Gasteiger partial charge is 2.00 e. The van der Waals surface area contributed by atoms with E-state index in [1.165, 1.54) is 28.4 Å². The van der Waals surface area contributed by atoms with Crippen LogP contribution in [0.2, 0.25) is 0 Å². The van der Waals surface area contributed by atoms with Gasteiger partial charge in [-0.3, -0.25) is 0 Å². The SMILES string of the molecule is COP(=S)([S-])OC.COP(=S)([S-])OC.[Fe+2]. The van der Waals surface area contributed by atoms with E-state index >= 15 is 0 Å². The second kappa shape index (κ2) is 11.4. The van der Waals surface area contributed by atoms with Gasteiger partial charge in [-0.2, -0.15) is 0 Å². The summed E-state index contributed by atoms with van der Waals surface area (Å²) in [6.45, 7) is 0. The van der Waals surface area contributed by atoms with E-state index < -0.39 is 11.4 Å². The van der Waals surface area contributed by atoms with Crippen LogP contribution < -0.4 is 0 Å². The van der Waals surface area contributed by atoms with Gasteiger partial charge in [-0.15, -0.1) is 0 Å². The van der Waals surface area contributed by atoms with E-state index in [1.807, 2.05) is 0 Å². The summed E-state index contributed by atoms with van der Waals surface area (Å²) in [5.74, 6) is 0. The van der Waals surface area contributed by atoms with Gasteiger partial charge in [0.05, 0.1) is 11.4 Å². The summed E-state index contributed by atoms with van der Waals surface area (Å²) in [6.07, 6.45) is 0. The molecule has 0 bridgehead atoms. The molecule has 0 heterocycles. The van der Waals surface area contributed by atoms with Crippen LogP contribution in [-0.4, -0.2) is 28.4 Å². The summed E-state index contributed by atoms with van der Waals surface area (Å²) >= 11 is 18.5. The quantitative estimate of drug-likeness (QED) is 0.423. The third-order valence-electron chi connectivity index (χ3n) is 0.894. The van der Waals surface area contributed by atoms with Crippen LogP contribution in [0.4, 0.5) is 0 Å². The van der Waals surface area contributed by atoms with E-state index in [0.717, 1.165) is 0 Å². The average Bonchev–Trinajstić information content (AvgIpc) is 2.19. The van der Waals surface area contributed by atoms with Crippen molar-refractivity contribution in [3.63, 3.8) is 0 Å². The van der Waals surface area contributed by atoms with Gasteiger partial charge in [-0.25, -0.2) is 0 Å². The molecular formula is C4H12FeO4P2S4. The predicted octanol–water partition coefficient (Wildman–Crippen LogP) is 2.10. The maximum absolute atomic E-state index is 4.63. The Balaban J connectivity index is -0.000000180. The number of hydrogen-bond acceptors (Lipinski definition) is 8. The van der Waals surface area contributed by atoms with Crippen molar-refractivity contribution in [2.45, 2.75) is 0 Å². The molecule has 4 nitrogen and oxygen atoms in total. The molecule has 0 aliphatic rings. The molecule has 0 aliphatic heterocycles. The van der Waals surface area contributed by atoms with E-state index in [4.69, 9.17) is 0 Å². The van der Waals surface area contributed by atoms with Crippen LogP contribution in [0.25, 0.3) is 0 Å². The van der Waals surface area contributed by atoms with Gasteiger partial charge in [0.2, 0.25) is 0 Å². The summed E-state index contributed by atoms with van der Waals surface area (Å²) in [5.41, 5.74) is -4.48. The van der Waals surface area contributed by atoms with Crippen molar-refractivity contribution < 1.29 is 35.2 Å². The molecular weight excluding hydrogens is 358 g/mol. The smallest absolute Gasteiger partial charge is 0.691 e. The van der Waals surface area contributed by atoms with Crippen molar-refractivity contribution in [3.05, 3.63) is 0 Å². The van der Waals surface area contributed by atoms with E-state index in [9.17, 15) is 0 Å². The van der Waals surface area contributed by atoms with E-state index in [2.05, 4.69) is 66.2 Å². The van der Waals surface area contributed by atoms with Crippen molar-refractivity contribution in [3.8, 4) is 0 Å². The van der Waals surface area contributed by atoms with E-state index in [-0.39, 0.29) is 17.1 Å². The molecule has 0 amide bonds. The maximum Gasteiger partial charge on any atom is 2.00 e. The van der Waals surface area contributed by atoms with Crippen LogP contribution >= 0.6 is 11.4 Å². The summed E-state index contributed by atoms with van der Waals surface area (Å²) in [4.78, 5) is 0. The Hall–Kier alpha value is 2.36. The average molecular weight is 370 g/mol. The number of hydrogen-bond donors (Lipinski definition) is 0. The zero-order chi connectivity index (χ0) is 11.8. The van der Waals surface area contributed by atoms with Crippen LogP contribution in [0.5, 0.6) is 0 Å². The number of rotatable bonds is 4. The molecule has 0 saturated heterocycles. The topological polar surface area (TPSA) is 36.9 Å². The Kier molecular flexibility index (Phi) is 17.2. The Bertz CT molecular complexity index is 201. The molecule has 0 rings (SSSR count). The first-order chi connectivity index (χ1) is 6.24. The van der Waals surface area contributed by atoms with Crippen molar-refractivity contribution in [2.75, 3.05) is 28.4 Å². The summed E-state index contributed by atoms with van der Waals surface area (Å²) < 4.78 is 18.4. The van der Waals surface area contributed by atoms with Gasteiger partial charge in [0.15, 0.2) is 0 Å². The monoisotopic (exact) mass is 370 g/mol. The molecule has 0 aliphatic carbocycles. The molecule has 15 heavy (non-hydrogen) atoms. The van der Waals surface area contributed by atoms with Crippen LogP contribution in [0.1, 0.15) is 0 Å². The van der Waals surface area contributed by atoms with Crippen molar-refractivity contribution >= 4 is 59.5 Å². The summed E-state index contributed by atoms with van der Waals surface area (Å²) in [6, 6.07) is 0. The first-order valence-electron chi connectivity index (χ1n) is 3.09. The molecule has 0 N–H and O–H groups in total. The van der Waals surface area contributed by atoms with Gasteiger partial charge < -0.3 is 42.6 Å². The minimum Gasteiger partial charge on any atom is -0.691 e. The molecule has 0 saturated carbocycles. The fraction of sp³-hybridized carbons (Fsp3) is 1.00. The van der Waals surface area contributed by atoms with Gasteiger partial charge in [-0.1, -0.05) is 23.6 Å². The zero-order valence-corrected chi connectivity index (χ0v) is 14.7. The second-order valence-corrected chi connectivity index (χ2v) is 12.0. The fourth-order valence-corrected chi connectivity index (χ4v) is 0.447. The van der Waals surface area contributed by atoms with Crippen LogP contribution in [0.3, 0.4) is 0 Å². The van der Waals surface area contributed by atoms with Crippen molar-refractivity contribution in [2.24, 2.45) is 0 Å². The molecule has 11 heteroatoms. The molecule has 0 aromatic heterocycles. The molecule has 0 aromatic carbocycles. The van der Waals surface area contributed by atoms with Crippen LogP contribution in [0.15, 0.2) is 0 Å². The first kappa shape index (κ1) is 22.5. The molecule has 0 spiro atoms. The second-order valence-electron chi connectivity index (χ2n) is 1.62. The molecule has 0 radical (unpaired) electrons. The molecule has 0 unspecified atom stereocenters. The summed E-state index contributed by atoms with van der Waals surface area (Å²) in [5, 5.41) is 0. The molecule has 0 fully saturated rings. The standard InChI is InChI=1S/2C2H7O2PS2.Fe/c2*1-3-5(6,7)4-2;/h2*1-2H3,(H,6,7);/q;;+2/p-2.